The van der Waals surface area contributed by atoms with Crippen molar-refractivity contribution in [2.75, 3.05) is 7.11 Å². The average Bonchev–Trinajstić information content (AvgIpc) is 2.49. The van der Waals surface area contributed by atoms with Crippen molar-refractivity contribution >= 4 is 11.9 Å². The van der Waals surface area contributed by atoms with Crippen LogP contribution in [0, 0.1) is 0 Å². The molecule has 2 heterocycles. The molecule has 6 heteroatoms. The Bertz CT molecular complexity index is 529. The summed E-state index contributed by atoms with van der Waals surface area (Å²) in [4.78, 5) is 28.2. The number of hydrogen-bond donors (Lipinski definition) is 1. The van der Waals surface area contributed by atoms with Crippen molar-refractivity contribution in [3.8, 4) is 0 Å². The van der Waals surface area contributed by atoms with Gasteiger partial charge in [-0.25, -0.2) is 19.6 Å². The first-order valence-corrected chi connectivity index (χ1v) is 5.29. The number of carbonyl (C=O) groups excluding carboxylic acids is 1. The minimum absolute atomic E-state index is 0.0810. The van der Waals surface area contributed by atoms with Gasteiger partial charge in [-0.2, -0.15) is 0 Å². The van der Waals surface area contributed by atoms with Crippen LogP contribution in [-0.4, -0.2) is 34.1 Å². The van der Waals surface area contributed by atoms with Gasteiger partial charge in [0.1, 0.15) is 11.4 Å². The normalized spacial score (nSPS) is 8.89. The van der Waals surface area contributed by atoms with Crippen molar-refractivity contribution in [2.45, 2.75) is 0 Å². The lowest BCUT2D eigenvalue weighted by atomic mass is 10.4. The molecular weight excluding hydrogens is 248 g/mol. The maximum atomic E-state index is 10.7. The Hall–Kier alpha value is -2.76. The van der Waals surface area contributed by atoms with Crippen LogP contribution in [0.3, 0.4) is 0 Å². The molecular formula is C13H12N2O4. The van der Waals surface area contributed by atoms with E-state index in [1.165, 1.54) is 19.4 Å². The van der Waals surface area contributed by atoms with Crippen LogP contribution in [-0.2, 0) is 4.74 Å². The molecule has 2 aromatic rings. The number of aromatic carboxylic acids is 1. The van der Waals surface area contributed by atoms with Crippen molar-refractivity contribution in [3.05, 3.63) is 60.2 Å². The number of ether oxygens (including phenoxy) is 1. The van der Waals surface area contributed by atoms with Crippen molar-refractivity contribution in [1.29, 1.82) is 0 Å². The summed E-state index contributed by atoms with van der Waals surface area (Å²) in [5.41, 5.74) is 0.419. The monoisotopic (exact) mass is 260 g/mol. The zero-order valence-electron chi connectivity index (χ0n) is 10.2. The van der Waals surface area contributed by atoms with E-state index in [-0.39, 0.29) is 5.69 Å². The summed E-state index contributed by atoms with van der Waals surface area (Å²) < 4.78 is 4.43. The van der Waals surface area contributed by atoms with Crippen molar-refractivity contribution in [3.63, 3.8) is 0 Å². The molecule has 2 aromatic heterocycles. The first-order valence-electron chi connectivity index (χ1n) is 5.29. The minimum Gasteiger partial charge on any atom is -0.477 e. The molecule has 0 aliphatic carbocycles. The second-order valence-corrected chi connectivity index (χ2v) is 3.23. The molecule has 1 N–H and O–H groups in total. The Morgan fingerprint density at radius 2 is 1.53 bits per heavy atom. The van der Waals surface area contributed by atoms with E-state index in [0.717, 1.165) is 0 Å². The maximum Gasteiger partial charge on any atom is 0.356 e. The number of carboxylic acid groups (broad SMARTS) is 1. The third kappa shape index (κ3) is 4.95. The highest BCUT2D eigenvalue weighted by Crippen LogP contribution is 1.94. The molecule has 0 atom stereocenters. The lowest BCUT2D eigenvalue weighted by molar-refractivity contribution is 0.0593. The Morgan fingerprint density at radius 1 is 1.00 bits per heavy atom. The highest BCUT2D eigenvalue weighted by atomic mass is 16.5. The third-order valence-corrected chi connectivity index (χ3v) is 1.94. The predicted molar refractivity (Wildman–Crippen MR) is 66.8 cm³/mol. The van der Waals surface area contributed by atoms with Crippen LogP contribution >= 0.6 is 0 Å². The lowest BCUT2D eigenvalue weighted by Gasteiger charge is -1.94. The van der Waals surface area contributed by atoms with Gasteiger partial charge in [-0.05, 0) is 24.3 Å². The highest BCUT2D eigenvalue weighted by Gasteiger charge is 2.02. The van der Waals surface area contributed by atoms with E-state index in [1.807, 2.05) is 0 Å². The van der Waals surface area contributed by atoms with Gasteiger partial charge in [0.2, 0.25) is 0 Å². The first-order chi connectivity index (χ1) is 9.15. The number of carboxylic acids is 1. The molecule has 0 aliphatic rings. The van der Waals surface area contributed by atoms with Crippen molar-refractivity contribution in [1.82, 2.24) is 9.97 Å². The zero-order valence-corrected chi connectivity index (χ0v) is 10.2. The highest BCUT2D eigenvalue weighted by molar-refractivity contribution is 5.86. The number of hydrogen-bond acceptors (Lipinski definition) is 5. The molecule has 0 radical (unpaired) electrons. The molecule has 0 saturated heterocycles. The summed E-state index contributed by atoms with van der Waals surface area (Å²) in [5, 5.41) is 8.32. The van der Waals surface area contributed by atoms with Gasteiger partial charge in [-0.15, -0.1) is 0 Å². The molecule has 0 fully saturated rings. The molecule has 19 heavy (non-hydrogen) atoms. The number of methoxy groups -OCH3 is 1. The summed E-state index contributed by atoms with van der Waals surface area (Å²) in [6, 6.07) is 9.84. The number of nitrogens with zero attached hydrogens (tertiary/aromatic N) is 2. The standard InChI is InChI=1S/C7H7NO2.C6H5NO2/c1-10-7(9)6-4-2-3-5-8-6;8-6(9)5-3-1-2-4-7-5/h2-5H,1H3;1-4H,(H,8,9). The number of carbonyl (C=O) groups is 2. The van der Waals surface area contributed by atoms with E-state index in [0.29, 0.717) is 5.69 Å². The van der Waals surface area contributed by atoms with Crippen LogP contribution in [0.1, 0.15) is 21.0 Å². The molecule has 2 rings (SSSR count). The quantitative estimate of drug-likeness (QED) is 0.826. The van der Waals surface area contributed by atoms with Crippen LogP contribution in [0.25, 0.3) is 0 Å². The largest absolute Gasteiger partial charge is 0.477 e. The number of aromatic nitrogens is 2. The Labute approximate surface area is 109 Å². The van der Waals surface area contributed by atoms with E-state index in [1.54, 1.807) is 36.5 Å². The molecule has 0 spiro atoms. The Kier molecular flexibility index (Phi) is 5.68. The molecule has 0 aromatic carbocycles. The smallest absolute Gasteiger partial charge is 0.356 e. The predicted octanol–water partition coefficient (Wildman–Crippen LogP) is 1.65. The van der Waals surface area contributed by atoms with Gasteiger partial charge in [-0.1, -0.05) is 12.1 Å². The van der Waals surface area contributed by atoms with Crippen LogP contribution < -0.4 is 0 Å². The molecule has 0 unspecified atom stereocenters. The summed E-state index contributed by atoms with van der Waals surface area (Å²) >= 11 is 0. The van der Waals surface area contributed by atoms with Gasteiger partial charge in [-0.3, -0.25) is 0 Å². The van der Waals surface area contributed by atoms with Gasteiger partial charge in [0.05, 0.1) is 7.11 Å². The third-order valence-electron chi connectivity index (χ3n) is 1.94. The maximum absolute atomic E-state index is 10.7. The average molecular weight is 260 g/mol. The van der Waals surface area contributed by atoms with E-state index < -0.39 is 11.9 Å². The molecule has 0 saturated carbocycles. The summed E-state index contributed by atoms with van der Waals surface area (Å²) in [6.45, 7) is 0. The number of rotatable bonds is 2. The lowest BCUT2D eigenvalue weighted by Crippen LogP contribution is -2.02. The number of pyridine rings is 2. The summed E-state index contributed by atoms with van der Waals surface area (Å²) in [7, 11) is 1.33. The van der Waals surface area contributed by atoms with Crippen LogP contribution in [0.2, 0.25) is 0 Å². The van der Waals surface area contributed by atoms with Crippen molar-refractivity contribution in [2.24, 2.45) is 0 Å². The zero-order chi connectivity index (χ0) is 14.1. The minimum atomic E-state index is -0.990. The van der Waals surface area contributed by atoms with Crippen molar-refractivity contribution < 1.29 is 19.4 Å². The topological polar surface area (TPSA) is 89.4 Å². The van der Waals surface area contributed by atoms with Gasteiger partial charge < -0.3 is 9.84 Å². The summed E-state index contributed by atoms with van der Waals surface area (Å²) in [5.74, 6) is -1.39. The molecule has 6 nitrogen and oxygen atoms in total. The Balaban J connectivity index is 0.000000191. The van der Waals surface area contributed by atoms with E-state index in [9.17, 15) is 9.59 Å². The fourth-order valence-corrected chi connectivity index (χ4v) is 1.08. The Morgan fingerprint density at radius 3 is 1.84 bits per heavy atom. The van der Waals surface area contributed by atoms with Crippen LogP contribution in [0.5, 0.6) is 0 Å². The van der Waals surface area contributed by atoms with Gasteiger partial charge in [0.15, 0.2) is 0 Å². The first kappa shape index (κ1) is 14.3. The number of esters is 1. The SMILES string of the molecule is COC(=O)c1ccccn1.O=C(O)c1ccccn1. The molecule has 0 amide bonds. The molecule has 0 aliphatic heterocycles. The fraction of sp³-hybridized carbons (Fsp3) is 0.0769. The van der Waals surface area contributed by atoms with Crippen LogP contribution in [0.4, 0.5) is 0 Å². The fourth-order valence-electron chi connectivity index (χ4n) is 1.08. The second kappa shape index (κ2) is 7.54. The van der Waals surface area contributed by atoms with Crippen LogP contribution in [0.15, 0.2) is 48.8 Å². The summed E-state index contributed by atoms with van der Waals surface area (Å²) in [6.07, 6.45) is 3.00. The van der Waals surface area contributed by atoms with Gasteiger partial charge >= 0.3 is 11.9 Å². The van der Waals surface area contributed by atoms with Gasteiger partial charge in [0, 0.05) is 12.4 Å². The molecule has 0 bridgehead atoms. The van der Waals surface area contributed by atoms with E-state index in [4.69, 9.17) is 5.11 Å². The van der Waals surface area contributed by atoms with E-state index in [2.05, 4.69) is 14.7 Å². The molecule has 98 valence electrons. The van der Waals surface area contributed by atoms with E-state index >= 15 is 0 Å². The van der Waals surface area contributed by atoms with Gasteiger partial charge in [0.25, 0.3) is 0 Å². The second-order valence-electron chi connectivity index (χ2n) is 3.23.